The summed E-state index contributed by atoms with van der Waals surface area (Å²) in [5.41, 5.74) is 1.86. The van der Waals surface area contributed by atoms with Gasteiger partial charge in [0.2, 0.25) is 11.9 Å². The summed E-state index contributed by atoms with van der Waals surface area (Å²) in [6.07, 6.45) is 3.52. The molecule has 3 aromatic rings. The van der Waals surface area contributed by atoms with E-state index in [1.54, 1.807) is 38.3 Å². The zero-order valence-electron chi connectivity index (χ0n) is 20.4. The van der Waals surface area contributed by atoms with Crippen molar-refractivity contribution in [2.45, 2.75) is 19.3 Å². The number of rotatable bonds is 7. The molecule has 3 heterocycles. The van der Waals surface area contributed by atoms with Gasteiger partial charge in [-0.3, -0.25) is 9.59 Å². The highest BCUT2D eigenvalue weighted by Gasteiger charge is 2.27. The maximum absolute atomic E-state index is 12.5. The first-order valence-corrected chi connectivity index (χ1v) is 12.0. The summed E-state index contributed by atoms with van der Waals surface area (Å²) in [6, 6.07) is 7.18. The Hall–Kier alpha value is -3.66. The van der Waals surface area contributed by atoms with Crippen LogP contribution in [0.15, 0.2) is 35.3 Å². The van der Waals surface area contributed by atoms with Crippen molar-refractivity contribution < 1.29 is 19.4 Å². The first kappa shape index (κ1) is 25.4. The average Bonchev–Trinajstić information content (AvgIpc) is 2.86. The predicted molar refractivity (Wildman–Crippen MR) is 136 cm³/mol. The van der Waals surface area contributed by atoms with Gasteiger partial charge in [-0.25, -0.2) is 14.8 Å². The van der Waals surface area contributed by atoms with Crippen LogP contribution in [0.25, 0.3) is 10.9 Å². The molecule has 1 aliphatic heterocycles. The van der Waals surface area contributed by atoms with Crippen LogP contribution in [0.3, 0.4) is 0 Å². The highest BCUT2D eigenvalue weighted by Crippen LogP contribution is 2.26. The molecule has 1 aliphatic rings. The van der Waals surface area contributed by atoms with E-state index in [-0.39, 0.29) is 17.6 Å². The molecule has 0 unspecified atom stereocenters. The molecule has 11 heteroatoms. The van der Waals surface area contributed by atoms with Crippen molar-refractivity contribution in [3.05, 3.63) is 57.1 Å². The van der Waals surface area contributed by atoms with Crippen LogP contribution in [0, 0.1) is 5.92 Å². The van der Waals surface area contributed by atoms with E-state index < -0.39 is 18.1 Å². The van der Waals surface area contributed by atoms with Crippen LogP contribution >= 0.6 is 11.6 Å². The molecule has 190 valence electrons. The maximum Gasteiger partial charge on any atom is 0.341 e. The number of carboxylic acid groups (broad SMARTS) is 1. The van der Waals surface area contributed by atoms with Crippen molar-refractivity contribution in [2.75, 3.05) is 38.7 Å². The molecule has 2 aromatic heterocycles. The van der Waals surface area contributed by atoms with Crippen molar-refractivity contribution in [1.82, 2.24) is 19.4 Å². The van der Waals surface area contributed by atoms with E-state index >= 15 is 0 Å². The van der Waals surface area contributed by atoms with E-state index in [0.717, 1.165) is 23.8 Å². The Bertz CT molecular complexity index is 1360. The van der Waals surface area contributed by atoms with Crippen molar-refractivity contribution in [3.63, 3.8) is 0 Å². The Morgan fingerprint density at radius 1 is 1.22 bits per heavy atom. The number of aryl methyl sites for hydroxylation is 1. The topological polar surface area (TPSA) is 118 Å². The number of ether oxygens (including phenoxy) is 1. The number of halogens is 1. The zero-order chi connectivity index (χ0) is 26.0. The van der Waals surface area contributed by atoms with Gasteiger partial charge < -0.3 is 24.2 Å². The minimum atomic E-state index is -1.16. The second-order valence-electron chi connectivity index (χ2n) is 9.08. The van der Waals surface area contributed by atoms with Gasteiger partial charge in [-0.1, -0.05) is 17.7 Å². The number of benzene rings is 1. The number of anilines is 1. The number of pyridine rings is 1. The molecule has 1 aromatic carbocycles. The molecule has 0 spiro atoms. The third-order valence-electron chi connectivity index (χ3n) is 6.35. The van der Waals surface area contributed by atoms with E-state index in [0.29, 0.717) is 41.7 Å². The highest BCUT2D eigenvalue weighted by atomic mass is 35.5. The van der Waals surface area contributed by atoms with Crippen molar-refractivity contribution in [3.8, 4) is 5.75 Å². The molecule has 36 heavy (non-hydrogen) atoms. The number of amides is 1. The summed E-state index contributed by atoms with van der Waals surface area (Å²) in [5, 5.41) is 10.1. The molecule has 10 nitrogen and oxygen atoms in total. The van der Waals surface area contributed by atoms with Crippen LogP contribution in [0.4, 0.5) is 5.95 Å². The molecule has 1 amide bonds. The van der Waals surface area contributed by atoms with Gasteiger partial charge in [-0.2, -0.15) is 0 Å². The number of piperidine rings is 1. The standard InChI is InChI=1S/C25H28ClN5O5/c1-29(2)23(34)16-6-8-31(9-7-16)25-27-13-18(26)19(28-25)11-15-4-5-20-17(10-15)12-21(24(35)30(20)3)36-14-22(32)33/h4-5,10,12-13,16H,6-9,11,14H2,1-3H3,(H,32,33). The molecule has 1 fully saturated rings. The average molecular weight is 514 g/mol. The van der Waals surface area contributed by atoms with Gasteiger partial charge >= 0.3 is 5.97 Å². The molecule has 0 saturated carbocycles. The number of hydrogen-bond acceptors (Lipinski definition) is 7. The minimum Gasteiger partial charge on any atom is -0.479 e. The smallest absolute Gasteiger partial charge is 0.341 e. The number of aliphatic carboxylic acids is 1. The summed E-state index contributed by atoms with van der Waals surface area (Å²) in [6.45, 7) is 0.781. The van der Waals surface area contributed by atoms with Gasteiger partial charge in [0, 0.05) is 52.0 Å². The minimum absolute atomic E-state index is 0.0148. The molecular weight excluding hydrogens is 486 g/mol. The van der Waals surface area contributed by atoms with Gasteiger partial charge in [0.25, 0.3) is 5.56 Å². The number of fused-ring (bicyclic) bond motifs is 1. The largest absolute Gasteiger partial charge is 0.479 e. The summed E-state index contributed by atoms with van der Waals surface area (Å²) in [4.78, 5) is 48.4. The zero-order valence-corrected chi connectivity index (χ0v) is 21.2. The number of hydrogen-bond donors (Lipinski definition) is 1. The molecule has 0 radical (unpaired) electrons. The van der Waals surface area contributed by atoms with Crippen LogP contribution in [0.5, 0.6) is 5.75 Å². The van der Waals surface area contributed by atoms with Gasteiger partial charge in [0.15, 0.2) is 12.4 Å². The Kier molecular flexibility index (Phi) is 7.44. The summed E-state index contributed by atoms with van der Waals surface area (Å²) in [5.74, 6) is -0.437. The lowest BCUT2D eigenvalue weighted by Crippen LogP contribution is -2.40. The number of aromatic nitrogens is 3. The van der Waals surface area contributed by atoms with E-state index in [2.05, 4.69) is 9.88 Å². The van der Waals surface area contributed by atoms with Gasteiger partial charge in [-0.05, 0) is 36.6 Å². The first-order chi connectivity index (χ1) is 17.1. The lowest BCUT2D eigenvalue weighted by atomic mass is 9.96. The Morgan fingerprint density at radius 2 is 1.94 bits per heavy atom. The normalized spacial score (nSPS) is 14.2. The van der Waals surface area contributed by atoms with E-state index in [9.17, 15) is 14.4 Å². The first-order valence-electron chi connectivity index (χ1n) is 11.6. The lowest BCUT2D eigenvalue weighted by molar-refractivity contribution is -0.139. The van der Waals surface area contributed by atoms with Crippen LogP contribution < -0.4 is 15.2 Å². The second kappa shape index (κ2) is 10.5. The van der Waals surface area contributed by atoms with Crippen LogP contribution in [0.1, 0.15) is 24.1 Å². The molecule has 0 atom stereocenters. The molecule has 0 aliphatic carbocycles. The Balaban J connectivity index is 1.55. The molecule has 1 saturated heterocycles. The van der Waals surface area contributed by atoms with E-state index in [1.807, 2.05) is 18.2 Å². The Morgan fingerprint density at radius 3 is 2.61 bits per heavy atom. The maximum atomic E-state index is 12.5. The van der Waals surface area contributed by atoms with Crippen molar-refractivity contribution in [1.29, 1.82) is 0 Å². The monoisotopic (exact) mass is 513 g/mol. The van der Waals surface area contributed by atoms with Gasteiger partial charge in [-0.15, -0.1) is 0 Å². The quantitative estimate of drug-likeness (QED) is 0.511. The van der Waals surface area contributed by atoms with E-state index in [1.165, 1.54) is 4.57 Å². The van der Waals surface area contributed by atoms with Crippen molar-refractivity contribution in [2.24, 2.45) is 13.0 Å². The lowest BCUT2D eigenvalue weighted by Gasteiger charge is -2.32. The predicted octanol–water partition coefficient (Wildman–Crippen LogP) is 2.34. The number of nitrogens with zero attached hydrogens (tertiary/aromatic N) is 5. The highest BCUT2D eigenvalue weighted by molar-refractivity contribution is 6.31. The third kappa shape index (κ3) is 5.43. The SMILES string of the molecule is CN(C)C(=O)C1CCN(c2ncc(Cl)c(Cc3ccc4c(c3)cc(OCC(=O)O)c(=O)n4C)n2)CC1. The van der Waals surface area contributed by atoms with E-state index in [4.69, 9.17) is 26.4 Å². The number of carbonyl (C=O) groups excluding carboxylic acids is 1. The summed E-state index contributed by atoms with van der Waals surface area (Å²) in [7, 11) is 5.17. The fourth-order valence-electron chi connectivity index (χ4n) is 4.41. The molecule has 0 bridgehead atoms. The van der Waals surface area contributed by atoms with Crippen LogP contribution in [-0.2, 0) is 23.1 Å². The molecule has 4 rings (SSSR count). The van der Waals surface area contributed by atoms with Gasteiger partial charge in [0.05, 0.1) is 22.4 Å². The fraction of sp³-hybridized carbons (Fsp3) is 0.400. The van der Waals surface area contributed by atoms with Gasteiger partial charge in [0.1, 0.15) is 0 Å². The fourth-order valence-corrected chi connectivity index (χ4v) is 4.57. The van der Waals surface area contributed by atoms with Crippen molar-refractivity contribution >= 4 is 40.3 Å². The molecular formula is C25H28ClN5O5. The summed E-state index contributed by atoms with van der Waals surface area (Å²) < 4.78 is 6.61. The second-order valence-corrected chi connectivity index (χ2v) is 9.49. The Labute approximate surface area is 213 Å². The van der Waals surface area contributed by atoms with Crippen LogP contribution in [-0.4, -0.2) is 70.2 Å². The molecule has 1 N–H and O–H groups in total. The number of carbonyl (C=O) groups is 2. The summed E-state index contributed by atoms with van der Waals surface area (Å²) >= 11 is 6.43. The third-order valence-corrected chi connectivity index (χ3v) is 6.67. The van der Waals surface area contributed by atoms with Crippen LogP contribution in [0.2, 0.25) is 5.02 Å². The number of carboxylic acids is 1.